The summed E-state index contributed by atoms with van der Waals surface area (Å²) in [7, 11) is 0. The number of amides is 4. The van der Waals surface area contributed by atoms with Crippen LogP contribution >= 0.6 is 0 Å². The van der Waals surface area contributed by atoms with Crippen LogP contribution in [-0.2, 0) is 19.1 Å². The number of urea groups is 1. The number of ether oxygens (including phenoxy) is 1. The molecule has 2 fully saturated rings. The molecule has 0 radical (unpaired) electrons. The third kappa shape index (κ3) is 2.84. The molecule has 3 N–H and O–H groups in total. The Kier molecular flexibility index (Phi) is 4.15. The van der Waals surface area contributed by atoms with Crippen LogP contribution in [-0.4, -0.2) is 47.4 Å². The summed E-state index contributed by atoms with van der Waals surface area (Å²) in [6.45, 7) is 0.850. The highest BCUT2D eigenvalue weighted by atomic mass is 16.5. The Labute approximate surface area is 122 Å². The lowest BCUT2D eigenvalue weighted by Gasteiger charge is -2.36. The molecule has 2 aliphatic rings. The number of imide groups is 1. The van der Waals surface area contributed by atoms with E-state index in [1.54, 1.807) is 0 Å². The Morgan fingerprint density at radius 2 is 2.14 bits per heavy atom. The molecule has 1 spiro atoms. The van der Waals surface area contributed by atoms with Gasteiger partial charge in [-0.15, -0.1) is 0 Å². The minimum absolute atomic E-state index is 0.0225. The number of nitrogens with two attached hydrogens (primary N) is 1. The Balaban J connectivity index is 2.05. The van der Waals surface area contributed by atoms with E-state index in [9.17, 15) is 19.2 Å². The third-order valence-corrected chi connectivity index (χ3v) is 4.16. The second-order valence-corrected chi connectivity index (χ2v) is 5.57. The average molecular weight is 297 g/mol. The van der Waals surface area contributed by atoms with E-state index in [1.165, 1.54) is 0 Å². The molecule has 1 aliphatic carbocycles. The van der Waals surface area contributed by atoms with E-state index < -0.39 is 42.5 Å². The highest BCUT2D eigenvalue weighted by Crippen LogP contribution is 2.38. The molecule has 1 saturated carbocycles. The number of rotatable bonds is 4. The van der Waals surface area contributed by atoms with Gasteiger partial charge in [0.1, 0.15) is 12.1 Å². The quantitative estimate of drug-likeness (QED) is 0.536. The van der Waals surface area contributed by atoms with Crippen molar-refractivity contribution in [3.05, 3.63) is 0 Å². The van der Waals surface area contributed by atoms with Gasteiger partial charge >= 0.3 is 12.0 Å². The standard InChI is InChI=1S/C13H19N3O5/c1-8-4-2-3-5-13(8)11(19)16(12(20)15-13)6-10(18)21-7-9(14)17/h8H,2-7H2,1H3,(H2,14,17)(H,15,20)/t8-,13+/m0/s1. The Bertz CT molecular complexity index is 492. The van der Waals surface area contributed by atoms with Gasteiger partial charge in [-0.25, -0.2) is 4.79 Å². The molecule has 21 heavy (non-hydrogen) atoms. The number of hydrogen-bond donors (Lipinski definition) is 2. The summed E-state index contributed by atoms with van der Waals surface area (Å²) in [5.74, 6) is -2.00. The van der Waals surface area contributed by atoms with Gasteiger partial charge in [0.05, 0.1) is 0 Å². The third-order valence-electron chi connectivity index (χ3n) is 4.16. The number of primary amides is 1. The Morgan fingerprint density at radius 1 is 1.43 bits per heavy atom. The smallest absolute Gasteiger partial charge is 0.326 e. The van der Waals surface area contributed by atoms with E-state index in [0.29, 0.717) is 6.42 Å². The number of carbonyl (C=O) groups excluding carboxylic acids is 4. The number of nitrogens with zero attached hydrogens (tertiary/aromatic N) is 1. The number of hydrogen-bond acceptors (Lipinski definition) is 5. The summed E-state index contributed by atoms with van der Waals surface area (Å²) in [5, 5.41) is 2.73. The molecule has 0 unspecified atom stereocenters. The summed E-state index contributed by atoms with van der Waals surface area (Å²) < 4.78 is 4.58. The van der Waals surface area contributed by atoms with Gasteiger partial charge in [-0.3, -0.25) is 19.3 Å². The van der Waals surface area contributed by atoms with Crippen molar-refractivity contribution in [2.75, 3.05) is 13.2 Å². The molecule has 1 saturated heterocycles. The van der Waals surface area contributed by atoms with Crippen molar-refractivity contribution in [1.29, 1.82) is 0 Å². The number of nitrogens with one attached hydrogen (secondary N) is 1. The van der Waals surface area contributed by atoms with Crippen LogP contribution in [0.25, 0.3) is 0 Å². The minimum atomic E-state index is -0.903. The summed E-state index contributed by atoms with van der Waals surface area (Å²) in [4.78, 5) is 47.4. The molecule has 2 rings (SSSR count). The van der Waals surface area contributed by atoms with Crippen molar-refractivity contribution in [2.24, 2.45) is 11.7 Å². The van der Waals surface area contributed by atoms with E-state index in [-0.39, 0.29) is 5.92 Å². The van der Waals surface area contributed by atoms with Crippen LogP contribution in [0.3, 0.4) is 0 Å². The number of esters is 1. The van der Waals surface area contributed by atoms with Crippen LogP contribution in [0.5, 0.6) is 0 Å². The molecule has 2 atom stereocenters. The molecular weight excluding hydrogens is 278 g/mol. The normalized spacial score (nSPS) is 28.6. The zero-order valence-electron chi connectivity index (χ0n) is 11.9. The van der Waals surface area contributed by atoms with Crippen molar-refractivity contribution >= 4 is 23.8 Å². The van der Waals surface area contributed by atoms with E-state index in [0.717, 1.165) is 24.2 Å². The van der Waals surface area contributed by atoms with Gasteiger partial charge in [0.25, 0.3) is 11.8 Å². The van der Waals surface area contributed by atoms with Crippen molar-refractivity contribution in [1.82, 2.24) is 10.2 Å². The van der Waals surface area contributed by atoms with Crippen molar-refractivity contribution < 1.29 is 23.9 Å². The van der Waals surface area contributed by atoms with Gasteiger partial charge in [-0.2, -0.15) is 0 Å². The van der Waals surface area contributed by atoms with Crippen LogP contribution in [0.2, 0.25) is 0 Å². The maximum Gasteiger partial charge on any atom is 0.326 e. The van der Waals surface area contributed by atoms with Crippen LogP contribution in [0.15, 0.2) is 0 Å². The van der Waals surface area contributed by atoms with Crippen LogP contribution in [0.4, 0.5) is 4.79 Å². The first kappa shape index (κ1) is 15.3. The van der Waals surface area contributed by atoms with Crippen molar-refractivity contribution in [3.8, 4) is 0 Å². The lowest BCUT2D eigenvalue weighted by Crippen LogP contribution is -2.54. The predicted molar refractivity (Wildman–Crippen MR) is 70.8 cm³/mol. The van der Waals surface area contributed by atoms with E-state index in [1.807, 2.05) is 6.92 Å². The van der Waals surface area contributed by atoms with E-state index in [2.05, 4.69) is 10.1 Å². The van der Waals surface area contributed by atoms with Gasteiger partial charge in [0, 0.05) is 0 Å². The van der Waals surface area contributed by atoms with Gasteiger partial charge in [-0.05, 0) is 18.8 Å². The molecular formula is C13H19N3O5. The summed E-state index contributed by atoms with van der Waals surface area (Å²) in [5.41, 5.74) is 3.95. The predicted octanol–water partition coefficient (Wildman–Crippen LogP) is -0.484. The first-order valence-electron chi connectivity index (χ1n) is 6.95. The van der Waals surface area contributed by atoms with E-state index >= 15 is 0 Å². The highest BCUT2D eigenvalue weighted by Gasteiger charge is 2.55. The molecule has 8 nitrogen and oxygen atoms in total. The largest absolute Gasteiger partial charge is 0.454 e. The fraction of sp³-hybridized carbons (Fsp3) is 0.692. The lowest BCUT2D eigenvalue weighted by atomic mass is 9.73. The molecule has 116 valence electrons. The molecule has 1 aliphatic heterocycles. The maximum absolute atomic E-state index is 12.5. The Morgan fingerprint density at radius 3 is 2.76 bits per heavy atom. The number of carbonyl (C=O) groups is 4. The van der Waals surface area contributed by atoms with Gasteiger partial charge < -0.3 is 15.8 Å². The first-order chi connectivity index (χ1) is 9.86. The summed E-state index contributed by atoms with van der Waals surface area (Å²) in [6, 6.07) is -0.593. The maximum atomic E-state index is 12.5. The molecule has 4 amide bonds. The fourth-order valence-corrected chi connectivity index (χ4v) is 2.97. The Hall–Kier alpha value is -2.12. The second kappa shape index (κ2) is 5.71. The molecule has 1 heterocycles. The second-order valence-electron chi connectivity index (χ2n) is 5.57. The summed E-state index contributed by atoms with van der Waals surface area (Å²) in [6.07, 6.45) is 3.31. The first-order valence-corrected chi connectivity index (χ1v) is 6.95. The van der Waals surface area contributed by atoms with Gasteiger partial charge in [0.15, 0.2) is 6.61 Å². The molecule has 0 aromatic carbocycles. The molecule has 0 aromatic heterocycles. The van der Waals surface area contributed by atoms with Gasteiger partial charge in [-0.1, -0.05) is 19.8 Å². The average Bonchev–Trinajstić information content (AvgIpc) is 2.65. The topological polar surface area (TPSA) is 119 Å². The monoisotopic (exact) mass is 297 g/mol. The molecule has 8 heteroatoms. The highest BCUT2D eigenvalue weighted by molar-refractivity contribution is 6.09. The van der Waals surface area contributed by atoms with Crippen LogP contribution < -0.4 is 11.1 Å². The van der Waals surface area contributed by atoms with Gasteiger partial charge in [0.2, 0.25) is 0 Å². The van der Waals surface area contributed by atoms with Crippen molar-refractivity contribution in [3.63, 3.8) is 0 Å². The molecule has 0 bridgehead atoms. The zero-order valence-corrected chi connectivity index (χ0v) is 11.9. The van der Waals surface area contributed by atoms with Crippen molar-refractivity contribution in [2.45, 2.75) is 38.1 Å². The SMILES string of the molecule is C[C@H]1CCCC[C@@]12NC(=O)N(CC(=O)OCC(N)=O)C2=O. The van der Waals surface area contributed by atoms with E-state index in [4.69, 9.17) is 5.73 Å². The lowest BCUT2D eigenvalue weighted by molar-refractivity contribution is -0.151. The van der Waals surface area contributed by atoms with Crippen LogP contribution in [0.1, 0.15) is 32.6 Å². The fourth-order valence-electron chi connectivity index (χ4n) is 2.97. The zero-order chi connectivity index (χ0) is 15.6. The summed E-state index contributed by atoms with van der Waals surface area (Å²) >= 11 is 0. The van der Waals surface area contributed by atoms with Crippen LogP contribution in [0, 0.1) is 5.92 Å². The minimum Gasteiger partial charge on any atom is -0.454 e. The molecule has 0 aromatic rings.